The van der Waals surface area contributed by atoms with Crippen molar-refractivity contribution >= 4 is 11.5 Å². The topological polar surface area (TPSA) is 70.6 Å². The average molecular weight is 286 g/mol. The summed E-state index contributed by atoms with van der Waals surface area (Å²) in [6.45, 7) is 0. The Morgan fingerprint density at radius 2 is 1.95 bits per heavy atom. The number of nitrogens with zero attached hydrogens (tertiary/aromatic N) is 4. The number of aryl methyl sites for hydroxylation is 1. The van der Waals surface area contributed by atoms with E-state index in [9.17, 15) is 4.79 Å². The third-order valence-electron chi connectivity index (χ3n) is 3.24. The molecule has 0 fully saturated rings. The molecule has 0 aliphatic heterocycles. The predicted molar refractivity (Wildman–Crippen MR) is 75.3 cm³/mol. The minimum absolute atomic E-state index is 0.368. The van der Waals surface area contributed by atoms with E-state index in [1.807, 2.05) is 25.5 Å². The lowest BCUT2D eigenvalue weighted by Gasteiger charge is -2.07. The summed E-state index contributed by atoms with van der Waals surface area (Å²) < 4.78 is 13.5. The summed E-state index contributed by atoms with van der Waals surface area (Å²) in [4.78, 5) is 11.8. The van der Waals surface area contributed by atoms with E-state index in [1.54, 1.807) is 22.5 Å². The van der Waals surface area contributed by atoms with E-state index < -0.39 is 5.97 Å². The van der Waals surface area contributed by atoms with Crippen LogP contribution >= 0.6 is 0 Å². The smallest absolute Gasteiger partial charge is 0.341 e. The van der Waals surface area contributed by atoms with Crippen LogP contribution in [0, 0.1) is 0 Å². The third-order valence-corrected chi connectivity index (χ3v) is 3.24. The first-order valence-corrected chi connectivity index (χ1v) is 6.26. The molecule has 3 rings (SSSR count). The van der Waals surface area contributed by atoms with Gasteiger partial charge in [-0.25, -0.2) is 9.31 Å². The van der Waals surface area contributed by atoms with Crippen molar-refractivity contribution in [2.24, 2.45) is 7.05 Å². The molecule has 0 bridgehead atoms. The van der Waals surface area contributed by atoms with Gasteiger partial charge in [-0.1, -0.05) is 0 Å². The van der Waals surface area contributed by atoms with Crippen LogP contribution < -0.4 is 4.74 Å². The lowest BCUT2D eigenvalue weighted by molar-refractivity contribution is 0.0602. The zero-order valence-electron chi connectivity index (χ0n) is 11.9. The SMILES string of the molecule is COC(=O)c1cnn2cc(-c3cnn(C)c3)cc(OC)c12. The first-order chi connectivity index (χ1) is 10.1. The Morgan fingerprint density at radius 3 is 2.57 bits per heavy atom. The molecule has 0 N–H and O–H groups in total. The van der Waals surface area contributed by atoms with Crippen molar-refractivity contribution in [3.8, 4) is 16.9 Å². The highest BCUT2D eigenvalue weighted by atomic mass is 16.5. The number of carbonyl (C=O) groups is 1. The number of fused-ring (bicyclic) bond motifs is 1. The molecular formula is C14H14N4O3. The van der Waals surface area contributed by atoms with Gasteiger partial charge in [0, 0.05) is 30.6 Å². The van der Waals surface area contributed by atoms with E-state index in [0.717, 1.165) is 11.1 Å². The third kappa shape index (κ3) is 2.12. The average Bonchev–Trinajstić information content (AvgIpc) is 3.11. The number of pyridine rings is 1. The van der Waals surface area contributed by atoms with E-state index in [-0.39, 0.29) is 0 Å². The number of rotatable bonds is 3. The minimum atomic E-state index is -0.447. The molecule has 108 valence electrons. The summed E-state index contributed by atoms with van der Waals surface area (Å²) in [5.74, 6) is 0.103. The zero-order valence-corrected chi connectivity index (χ0v) is 11.9. The highest BCUT2D eigenvalue weighted by Crippen LogP contribution is 2.29. The van der Waals surface area contributed by atoms with E-state index in [0.29, 0.717) is 16.8 Å². The minimum Gasteiger partial charge on any atom is -0.494 e. The van der Waals surface area contributed by atoms with Gasteiger partial charge in [0.05, 0.1) is 26.6 Å². The second-order valence-corrected chi connectivity index (χ2v) is 4.54. The summed E-state index contributed by atoms with van der Waals surface area (Å²) in [5, 5.41) is 8.35. The van der Waals surface area contributed by atoms with Crippen molar-refractivity contribution in [1.29, 1.82) is 0 Å². The molecule has 0 saturated carbocycles. The Hall–Kier alpha value is -2.83. The molecule has 0 aliphatic rings. The van der Waals surface area contributed by atoms with Crippen LogP contribution in [-0.4, -0.2) is 39.6 Å². The zero-order chi connectivity index (χ0) is 15.0. The van der Waals surface area contributed by atoms with Crippen LogP contribution in [0.25, 0.3) is 16.6 Å². The van der Waals surface area contributed by atoms with Crippen molar-refractivity contribution in [3.05, 3.63) is 36.4 Å². The molecule has 0 aromatic carbocycles. The van der Waals surface area contributed by atoms with Crippen LogP contribution in [0.3, 0.4) is 0 Å². The predicted octanol–water partition coefficient (Wildman–Crippen LogP) is 1.53. The second kappa shape index (κ2) is 4.93. The number of hydrogen-bond donors (Lipinski definition) is 0. The first kappa shape index (κ1) is 13.2. The molecule has 3 heterocycles. The van der Waals surface area contributed by atoms with E-state index in [4.69, 9.17) is 9.47 Å². The van der Waals surface area contributed by atoms with Gasteiger partial charge < -0.3 is 9.47 Å². The van der Waals surface area contributed by atoms with Crippen LogP contribution in [0.15, 0.2) is 30.9 Å². The van der Waals surface area contributed by atoms with Gasteiger partial charge >= 0.3 is 5.97 Å². The van der Waals surface area contributed by atoms with Crippen molar-refractivity contribution in [2.45, 2.75) is 0 Å². The van der Waals surface area contributed by atoms with Crippen molar-refractivity contribution < 1.29 is 14.3 Å². The molecule has 3 aromatic rings. The Balaban J connectivity index is 2.22. The second-order valence-electron chi connectivity index (χ2n) is 4.54. The van der Waals surface area contributed by atoms with E-state index in [2.05, 4.69) is 10.2 Å². The van der Waals surface area contributed by atoms with Crippen molar-refractivity contribution in [2.75, 3.05) is 14.2 Å². The fourth-order valence-electron chi connectivity index (χ4n) is 2.23. The summed E-state index contributed by atoms with van der Waals surface area (Å²) in [7, 11) is 4.74. The van der Waals surface area contributed by atoms with Crippen LogP contribution in [-0.2, 0) is 11.8 Å². The monoisotopic (exact) mass is 286 g/mol. The lowest BCUT2D eigenvalue weighted by Crippen LogP contribution is -2.02. The normalized spacial score (nSPS) is 10.8. The Morgan fingerprint density at radius 1 is 1.14 bits per heavy atom. The quantitative estimate of drug-likeness (QED) is 0.683. The number of aromatic nitrogens is 4. The van der Waals surface area contributed by atoms with E-state index in [1.165, 1.54) is 13.3 Å². The Kier molecular flexibility index (Phi) is 3.09. The molecule has 0 atom stereocenters. The standard InChI is InChI=1S/C14H14N4O3/c1-17-7-10(5-15-17)9-4-12(20-2)13-11(14(19)21-3)6-16-18(13)8-9/h4-8H,1-3H3. The highest BCUT2D eigenvalue weighted by molar-refractivity contribution is 5.98. The molecule has 0 saturated heterocycles. The van der Waals surface area contributed by atoms with Gasteiger partial charge in [0.25, 0.3) is 0 Å². The van der Waals surface area contributed by atoms with Gasteiger partial charge in [-0.15, -0.1) is 0 Å². The van der Waals surface area contributed by atoms with Crippen molar-refractivity contribution in [3.63, 3.8) is 0 Å². The fraction of sp³-hybridized carbons (Fsp3) is 0.214. The number of esters is 1. The Bertz CT molecular complexity index is 819. The van der Waals surface area contributed by atoms with Crippen LogP contribution in [0.5, 0.6) is 5.75 Å². The van der Waals surface area contributed by atoms with Gasteiger partial charge in [-0.05, 0) is 6.07 Å². The fourth-order valence-corrected chi connectivity index (χ4v) is 2.23. The molecule has 0 amide bonds. The molecule has 7 heteroatoms. The molecule has 0 unspecified atom stereocenters. The van der Waals surface area contributed by atoms with Crippen LogP contribution in [0.4, 0.5) is 0 Å². The Labute approximate surface area is 120 Å². The van der Waals surface area contributed by atoms with Gasteiger partial charge in [-0.3, -0.25) is 4.68 Å². The maximum absolute atomic E-state index is 11.8. The van der Waals surface area contributed by atoms with Crippen molar-refractivity contribution in [1.82, 2.24) is 19.4 Å². The van der Waals surface area contributed by atoms with Gasteiger partial charge in [0.15, 0.2) is 0 Å². The van der Waals surface area contributed by atoms with Gasteiger partial charge in [0.1, 0.15) is 16.8 Å². The largest absolute Gasteiger partial charge is 0.494 e. The van der Waals surface area contributed by atoms with Crippen LogP contribution in [0.2, 0.25) is 0 Å². The highest BCUT2D eigenvalue weighted by Gasteiger charge is 2.18. The summed E-state index contributed by atoms with van der Waals surface area (Å²) in [6.07, 6.45) is 6.94. The van der Waals surface area contributed by atoms with E-state index >= 15 is 0 Å². The van der Waals surface area contributed by atoms with Crippen LogP contribution in [0.1, 0.15) is 10.4 Å². The number of hydrogen-bond acceptors (Lipinski definition) is 5. The molecular weight excluding hydrogens is 272 g/mol. The number of methoxy groups -OCH3 is 2. The molecule has 21 heavy (non-hydrogen) atoms. The lowest BCUT2D eigenvalue weighted by atomic mass is 10.1. The summed E-state index contributed by atoms with van der Waals surface area (Å²) >= 11 is 0. The maximum atomic E-state index is 11.8. The number of carbonyl (C=O) groups excluding carboxylic acids is 1. The maximum Gasteiger partial charge on any atom is 0.341 e. The van der Waals surface area contributed by atoms with Gasteiger partial charge in [-0.2, -0.15) is 10.2 Å². The molecule has 0 spiro atoms. The number of ether oxygens (including phenoxy) is 2. The van der Waals surface area contributed by atoms with Gasteiger partial charge in [0.2, 0.25) is 0 Å². The summed E-state index contributed by atoms with van der Waals surface area (Å²) in [5.41, 5.74) is 2.78. The molecule has 3 aromatic heterocycles. The molecule has 0 aliphatic carbocycles. The molecule has 7 nitrogen and oxygen atoms in total. The summed E-state index contributed by atoms with van der Waals surface area (Å²) in [6, 6.07) is 1.85. The molecule has 0 radical (unpaired) electrons. The first-order valence-electron chi connectivity index (χ1n) is 6.26.